The summed E-state index contributed by atoms with van der Waals surface area (Å²) in [6.45, 7) is 5.82. The van der Waals surface area contributed by atoms with Crippen molar-refractivity contribution in [3.63, 3.8) is 0 Å². The molecule has 0 amide bonds. The van der Waals surface area contributed by atoms with Gasteiger partial charge in [-0.15, -0.1) is 6.58 Å². The van der Waals surface area contributed by atoms with E-state index in [9.17, 15) is 0 Å². The molecule has 0 heterocycles. The van der Waals surface area contributed by atoms with Gasteiger partial charge in [-0.3, -0.25) is 0 Å². The molecule has 0 heteroatoms. The molecule has 0 bridgehead atoms. The molecule has 0 N–H and O–H groups in total. The summed E-state index contributed by atoms with van der Waals surface area (Å²) in [5, 5.41) is 0. The molecule has 0 nitrogen and oxygen atoms in total. The lowest BCUT2D eigenvalue weighted by Crippen LogP contribution is -1.75. The summed E-state index contributed by atoms with van der Waals surface area (Å²) >= 11 is 0. The third-order valence-electron chi connectivity index (χ3n) is 1.81. The molecule has 1 rings (SSSR count). The van der Waals surface area contributed by atoms with Crippen LogP contribution in [0.1, 0.15) is 19.8 Å². The first-order valence-corrected chi connectivity index (χ1v) is 4.01. The van der Waals surface area contributed by atoms with Crippen LogP contribution in [0.2, 0.25) is 0 Å². The monoisotopic (exact) mass is 146 g/mol. The Labute approximate surface area is 68.6 Å². The van der Waals surface area contributed by atoms with Crippen molar-refractivity contribution in [1.82, 2.24) is 0 Å². The Morgan fingerprint density at radius 2 is 2.27 bits per heavy atom. The van der Waals surface area contributed by atoms with Crippen LogP contribution < -0.4 is 0 Å². The zero-order chi connectivity index (χ0) is 8.10. The number of unbranched alkanes of at least 4 members (excludes halogenated alkanes) is 1. The predicted octanol–water partition coefficient (Wildman–Crippen LogP) is 3.40. The molecule has 0 unspecified atom stereocenters. The maximum Gasteiger partial charge on any atom is -0.0267 e. The molecule has 58 valence electrons. The van der Waals surface area contributed by atoms with E-state index < -0.39 is 0 Å². The van der Waals surface area contributed by atoms with Crippen LogP contribution in [0.25, 0.3) is 0 Å². The molecule has 1 aliphatic carbocycles. The van der Waals surface area contributed by atoms with Crippen molar-refractivity contribution in [3.05, 3.63) is 48.1 Å². The van der Waals surface area contributed by atoms with Gasteiger partial charge in [-0.2, -0.15) is 0 Å². The quantitative estimate of drug-likeness (QED) is 0.423. The molecule has 11 heavy (non-hydrogen) atoms. The number of allylic oxidation sites excluding steroid dienone is 7. The summed E-state index contributed by atoms with van der Waals surface area (Å²) in [4.78, 5) is 0. The van der Waals surface area contributed by atoms with E-state index in [0.29, 0.717) is 0 Å². The molecule has 0 aliphatic heterocycles. The Morgan fingerprint density at radius 3 is 2.82 bits per heavy atom. The third-order valence-corrected chi connectivity index (χ3v) is 1.81. The normalized spacial score (nSPS) is 19.0. The summed E-state index contributed by atoms with van der Waals surface area (Å²) in [7, 11) is 0. The van der Waals surface area contributed by atoms with E-state index in [2.05, 4.69) is 37.8 Å². The summed E-state index contributed by atoms with van der Waals surface area (Å²) in [6.07, 6.45) is 12.8. The molecular formula is C11H14. The molecule has 0 saturated heterocycles. The van der Waals surface area contributed by atoms with Crippen LogP contribution in [0.4, 0.5) is 0 Å². The molecule has 0 spiro atoms. The smallest absolute Gasteiger partial charge is 0.0267 e. The van der Waals surface area contributed by atoms with E-state index in [1.807, 2.05) is 6.08 Å². The molecule has 0 aromatic rings. The van der Waals surface area contributed by atoms with E-state index in [-0.39, 0.29) is 0 Å². The first-order valence-electron chi connectivity index (χ1n) is 4.01. The first kappa shape index (κ1) is 8.06. The lowest BCUT2D eigenvalue weighted by Gasteiger charge is -1.95. The third kappa shape index (κ3) is 2.23. The zero-order valence-corrected chi connectivity index (χ0v) is 7.01. The van der Waals surface area contributed by atoms with Gasteiger partial charge in [0, 0.05) is 0 Å². The van der Waals surface area contributed by atoms with E-state index in [1.165, 1.54) is 11.1 Å². The summed E-state index contributed by atoms with van der Waals surface area (Å²) in [6, 6.07) is 0. The number of rotatable bonds is 3. The van der Waals surface area contributed by atoms with Gasteiger partial charge in [0.15, 0.2) is 0 Å². The van der Waals surface area contributed by atoms with Crippen molar-refractivity contribution < 1.29 is 0 Å². The van der Waals surface area contributed by atoms with Crippen molar-refractivity contribution in [2.24, 2.45) is 0 Å². The topological polar surface area (TPSA) is 0 Å². The Balaban J connectivity index is 2.47. The average Bonchev–Trinajstić information content (AvgIpc) is 2.37. The summed E-state index contributed by atoms with van der Waals surface area (Å²) in [5.74, 6) is 0. The highest BCUT2D eigenvalue weighted by molar-refractivity contribution is 5.46. The van der Waals surface area contributed by atoms with Crippen LogP contribution in [-0.2, 0) is 0 Å². The molecule has 0 atom stereocenters. The van der Waals surface area contributed by atoms with Crippen LogP contribution in [0.5, 0.6) is 0 Å². The Hall–Kier alpha value is -1.04. The van der Waals surface area contributed by atoms with Crippen LogP contribution in [0.3, 0.4) is 0 Å². The van der Waals surface area contributed by atoms with Gasteiger partial charge in [0.2, 0.25) is 0 Å². The number of hydrogen-bond donors (Lipinski definition) is 0. The van der Waals surface area contributed by atoms with E-state index >= 15 is 0 Å². The predicted molar refractivity (Wildman–Crippen MR) is 50.4 cm³/mol. The molecule has 0 radical (unpaired) electrons. The minimum atomic E-state index is 1.07. The fraction of sp³-hybridized carbons (Fsp3) is 0.273. The minimum absolute atomic E-state index is 1.07. The lowest BCUT2D eigenvalue weighted by molar-refractivity contribution is 1.05. The second kappa shape index (κ2) is 3.97. The fourth-order valence-corrected chi connectivity index (χ4v) is 1.11. The molecule has 0 fully saturated rings. The van der Waals surface area contributed by atoms with Crippen LogP contribution in [0, 0.1) is 0 Å². The Bertz CT molecular complexity index is 226. The minimum Gasteiger partial charge on any atom is -0.103 e. The molecule has 0 saturated carbocycles. The van der Waals surface area contributed by atoms with Gasteiger partial charge >= 0.3 is 0 Å². The zero-order valence-electron chi connectivity index (χ0n) is 7.01. The lowest BCUT2D eigenvalue weighted by atomic mass is 10.1. The van der Waals surface area contributed by atoms with Crippen molar-refractivity contribution in [2.45, 2.75) is 19.8 Å². The fourth-order valence-electron chi connectivity index (χ4n) is 1.11. The second-order valence-electron chi connectivity index (χ2n) is 2.73. The molecule has 1 aliphatic rings. The van der Waals surface area contributed by atoms with Gasteiger partial charge < -0.3 is 0 Å². The summed E-state index contributed by atoms with van der Waals surface area (Å²) in [5.41, 5.74) is 2.74. The highest BCUT2D eigenvalue weighted by Gasteiger charge is 1.98. The van der Waals surface area contributed by atoms with Crippen molar-refractivity contribution in [1.29, 1.82) is 0 Å². The van der Waals surface area contributed by atoms with Gasteiger partial charge in [-0.05, 0) is 30.9 Å². The highest BCUT2D eigenvalue weighted by Crippen LogP contribution is 2.17. The maximum atomic E-state index is 3.68. The second-order valence-corrected chi connectivity index (χ2v) is 2.73. The van der Waals surface area contributed by atoms with E-state index in [1.54, 1.807) is 0 Å². The maximum absolute atomic E-state index is 3.68. The molecular weight excluding hydrogens is 132 g/mol. The average molecular weight is 146 g/mol. The Kier molecular flexibility index (Phi) is 2.91. The summed E-state index contributed by atoms with van der Waals surface area (Å²) < 4.78 is 0. The molecule has 0 aromatic carbocycles. The van der Waals surface area contributed by atoms with Gasteiger partial charge in [-0.1, -0.05) is 30.4 Å². The van der Waals surface area contributed by atoms with Crippen LogP contribution in [-0.4, -0.2) is 0 Å². The van der Waals surface area contributed by atoms with Crippen molar-refractivity contribution in [3.8, 4) is 0 Å². The van der Waals surface area contributed by atoms with Crippen molar-refractivity contribution in [2.75, 3.05) is 0 Å². The number of hydrogen-bond acceptors (Lipinski definition) is 0. The largest absolute Gasteiger partial charge is 0.103 e. The van der Waals surface area contributed by atoms with Gasteiger partial charge in [0.1, 0.15) is 0 Å². The van der Waals surface area contributed by atoms with E-state index in [0.717, 1.165) is 12.8 Å². The Morgan fingerprint density at radius 1 is 1.45 bits per heavy atom. The standard InChI is InChI=1S/C11H14/c1-3-4-5-8-11-9-6-7-10(11)2/h3,6-9H,1,4-5H2,2H3. The van der Waals surface area contributed by atoms with Crippen molar-refractivity contribution >= 4 is 0 Å². The SMILES string of the molecule is C=CCCC=C1C=CC=C1C. The van der Waals surface area contributed by atoms with Crippen LogP contribution >= 0.6 is 0 Å². The molecule has 0 aromatic heterocycles. The first-order chi connectivity index (χ1) is 5.34. The van der Waals surface area contributed by atoms with Gasteiger partial charge in [0.05, 0.1) is 0 Å². The highest BCUT2D eigenvalue weighted by atomic mass is 14.0. The van der Waals surface area contributed by atoms with Crippen LogP contribution in [0.15, 0.2) is 48.1 Å². The van der Waals surface area contributed by atoms with E-state index in [4.69, 9.17) is 0 Å². The van der Waals surface area contributed by atoms with Gasteiger partial charge in [0.25, 0.3) is 0 Å². The van der Waals surface area contributed by atoms with Gasteiger partial charge in [-0.25, -0.2) is 0 Å².